The molecule has 0 amide bonds. The third-order valence-electron chi connectivity index (χ3n) is 6.48. The molecule has 25 heavy (non-hydrogen) atoms. The lowest BCUT2D eigenvalue weighted by molar-refractivity contribution is 0.274. The van der Waals surface area contributed by atoms with Gasteiger partial charge in [-0.15, -0.1) is 0 Å². The third-order valence-corrected chi connectivity index (χ3v) is 7.50. The number of benzene rings is 1. The van der Waals surface area contributed by atoms with Gasteiger partial charge in [-0.05, 0) is 62.0 Å². The molecule has 0 saturated heterocycles. The molecule has 0 radical (unpaired) electrons. The Morgan fingerprint density at radius 2 is 1.88 bits per heavy atom. The summed E-state index contributed by atoms with van der Waals surface area (Å²) in [7, 11) is 0. The van der Waals surface area contributed by atoms with E-state index in [4.69, 9.17) is 0 Å². The third kappa shape index (κ3) is 2.78. The average Bonchev–Trinajstić information content (AvgIpc) is 3.14. The van der Waals surface area contributed by atoms with Gasteiger partial charge in [-0.2, -0.15) is 4.98 Å². The average molecular weight is 356 g/mol. The molecular formula is C20H25N3OS. The van der Waals surface area contributed by atoms with Crippen LogP contribution in [0.25, 0.3) is 0 Å². The predicted molar refractivity (Wildman–Crippen MR) is 102 cm³/mol. The fourth-order valence-electron chi connectivity index (χ4n) is 5.65. The Morgan fingerprint density at radius 3 is 2.64 bits per heavy atom. The van der Waals surface area contributed by atoms with Crippen molar-refractivity contribution in [1.29, 1.82) is 0 Å². The fraction of sp³-hybridized carbons (Fsp3) is 0.550. The van der Waals surface area contributed by atoms with Crippen molar-refractivity contribution in [2.75, 3.05) is 17.2 Å². The van der Waals surface area contributed by atoms with E-state index in [1.807, 2.05) is 18.2 Å². The molecule has 0 spiro atoms. The van der Waals surface area contributed by atoms with Crippen molar-refractivity contribution in [2.45, 2.75) is 44.1 Å². The lowest BCUT2D eigenvalue weighted by Crippen LogP contribution is -2.39. The van der Waals surface area contributed by atoms with Crippen LogP contribution in [0.3, 0.4) is 0 Å². The lowest BCUT2D eigenvalue weighted by atomic mass is 9.80. The van der Waals surface area contributed by atoms with Crippen LogP contribution in [-0.2, 0) is 6.42 Å². The van der Waals surface area contributed by atoms with Gasteiger partial charge in [0.2, 0.25) is 5.88 Å². The molecule has 3 N–H and O–H groups in total. The molecule has 4 fully saturated rings. The Kier molecular flexibility index (Phi) is 3.66. The van der Waals surface area contributed by atoms with Crippen molar-refractivity contribution in [2.24, 2.45) is 17.8 Å². The summed E-state index contributed by atoms with van der Waals surface area (Å²) in [5.41, 5.74) is 1.39. The topological polar surface area (TPSA) is 57.2 Å². The number of para-hydroxylation sites is 1. The quantitative estimate of drug-likeness (QED) is 0.714. The number of hydrogen-bond acceptors (Lipinski definition) is 5. The minimum Gasteiger partial charge on any atom is -0.492 e. The maximum Gasteiger partial charge on any atom is 0.227 e. The van der Waals surface area contributed by atoms with Crippen molar-refractivity contribution in [1.82, 2.24) is 4.98 Å². The van der Waals surface area contributed by atoms with Crippen LogP contribution in [0.2, 0.25) is 0 Å². The van der Waals surface area contributed by atoms with Gasteiger partial charge in [-0.3, -0.25) is 0 Å². The van der Waals surface area contributed by atoms with Gasteiger partial charge in [-0.25, -0.2) is 0 Å². The summed E-state index contributed by atoms with van der Waals surface area (Å²) in [4.78, 5) is 5.40. The predicted octanol–water partition coefficient (Wildman–Crippen LogP) is 4.49. The molecule has 4 aliphatic carbocycles. The lowest BCUT2D eigenvalue weighted by Gasteiger charge is -2.33. The van der Waals surface area contributed by atoms with E-state index in [1.54, 1.807) is 11.3 Å². The van der Waals surface area contributed by atoms with E-state index in [2.05, 4.69) is 27.8 Å². The molecule has 2 aromatic rings. The summed E-state index contributed by atoms with van der Waals surface area (Å²) in [6, 6.07) is 10.2. The molecule has 1 aromatic carbocycles. The first-order valence-corrected chi connectivity index (χ1v) is 10.3. The van der Waals surface area contributed by atoms with Gasteiger partial charge < -0.3 is 15.7 Å². The van der Waals surface area contributed by atoms with Gasteiger partial charge in [0.05, 0.1) is 4.88 Å². The molecule has 4 nitrogen and oxygen atoms in total. The first-order chi connectivity index (χ1) is 12.2. The van der Waals surface area contributed by atoms with Crippen molar-refractivity contribution in [3.05, 3.63) is 35.2 Å². The maximum absolute atomic E-state index is 10.2. The van der Waals surface area contributed by atoms with Gasteiger partial charge in [0, 0.05) is 24.2 Å². The highest BCUT2D eigenvalue weighted by Crippen LogP contribution is 2.61. The van der Waals surface area contributed by atoms with Crippen molar-refractivity contribution < 1.29 is 5.11 Å². The Hall–Kier alpha value is -1.75. The van der Waals surface area contributed by atoms with E-state index in [0.717, 1.165) is 46.4 Å². The highest BCUT2D eigenvalue weighted by atomic mass is 32.1. The van der Waals surface area contributed by atoms with Gasteiger partial charge in [-0.1, -0.05) is 29.5 Å². The molecule has 1 aromatic heterocycles. The Morgan fingerprint density at radius 1 is 1.12 bits per heavy atom. The van der Waals surface area contributed by atoms with Gasteiger partial charge in [0.1, 0.15) is 0 Å². The molecule has 2 unspecified atom stereocenters. The molecule has 6 rings (SSSR count). The fourth-order valence-corrected chi connectivity index (χ4v) is 6.61. The highest BCUT2D eigenvalue weighted by molar-refractivity contribution is 7.15. The summed E-state index contributed by atoms with van der Waals surface area (Å²) in [6.45, 7) is 0.803. The van der Waals surface area contributed by atoms with Crippen LogP contribution < -0.4 is 10.6 Å². The molecule has 4 aliphatic rings. The van der Waals surface area contributed by atoms with Gasteiger partial charge in [0.15, 0.2) is 5.13 Å². The SMILES string of the molecule is Oc1nc(NC23CC4CC(CC2C4)C3)sc1CCNc1ccccc1. The summed E-state index contributed by atoms with van der Waals surface area (Å²) < 4.78 is 0. The second-order valence-corrected chi connectivity index (χ2v) is 9.22. The molecule has 1 heterocycles. The number of nitrogens with zero attached hydrogens (tertiary/aromatic N) is 1. The minimum absolute atomic E-state index is 0.205. The second kappa shape index (κ2) is 5.90. The normalized spacial score (nSPS) is 32.2. The first-order valence-electron chi connectivity index (χ1n) is 9.46. The Labute approximate surface area is 152 Å². The van der Waals surface area contributed by atoms with Crippen LogP contribution in [0.1, 0.15) is 37.0 Å². The van der Waals surface area contributed by atoms with E-state index in [0.29, 0.717) is 0 Å². The van der Waals surface area contributed by atoms with Crippen LogP contribution in [0.4, 0.5) is 10.8 Å². The molecule has 5 heteroatoms. The smallest absolute Gasteiger partial charge is 0.227 e. The van der Waals surface area contributed by atoms with Crippen LogP contribution in [0, 0.1) is 17.8 Å². The minimum atomic E-state index is 0.205. The molecule has 2 atom stereocenters. The standard InChI is InChI=1S/C20H25N3OS/c24-18-17(6-7-21-16-4-2-1-3-5-16)25-19(22-18)23-20-11-13-8-14(12-20)10-15(20)9-13/h1-5,13-15,21,24H,6-12H2,(H,22,23). The maximum atomic E-state index is 10.2. The van der Waals surface area contributed by atoms with Crippen molar-refractivity contribution in [3.63, 3.8) is 0 Å². The number of rotatable bonds is 6. The first kappa shape index (κ1) is 15.5. The van der Waals surface area contributed by atoms with Gasteiger partial charge in [0.25, 0.3) is 0 Å². The highest BCUT2D eigenvalue weighted by Gasteiger charge is 2.58. The monoisotopic (exact) mass is 355 g/mol. The number of hydrogen-bond donors (Lipinski definition) is 3. The largest absolute Gasteiger partial charge is 0.492 e. The van der Waals surface area contributed by atoms with Crippen molar-refractivity contribution in [3.8, 4) is 5.88 Å². The van der Waals surface area contributed by atoms with E-state index in [-0.39, 0.29) is 11.4 Å². The summed E-state index contributed by atoms with van der Waals surface area (Å²) in [5.74, 6) is 2.88. The summed E-state index contributed by atoms with van der Waals surface area (Å²) >= 11 is 1.63. The molecule has 4 bridgehead atoms. The number of aromatic nitrogens is 1. The van der Waals surface area contributed by atoms with E-state index < -0.39 is 0 Å². The summed E-state index contributed by atoms with van der Waals surface area (Å²) in [5, 5.41) is 18.3. The number of aromatic hydroxyl groups is 1. The van der Waals surface area contributed by atoms with E-state index in [1.165, 1.54) is 32.1 Å². The molecule has 0 aliphatic heterocycles. The van der Waals surface area contributed by atoms with Crippen LogP contribution >= 0.6 is 11.3 Å². The molecule has 132 valence electrons. The van der Waals surface area contributed by atoms with Gasteiger partial charge >= 0.3 is 0 Å². The Balaban J connectivity index is 1.24. The van der Waals surface area contributed by atoms with Crippen molar-refractivity contribution >= 4 is 22.2 Å². The van der Waals surface area contributed by atoms with Crippen LogP contribution in [-0.4, -0.2) is 22.2 Å². The molecular weight excluding hydrogens is 330 g/mol. The second-order valence-electron chi connectivity index (χ2n) is 8.13. The van der Waals surface area contributed by atoms with E-state index >= 15 is 0 Å². The Bertz CT molecular complexity index is 746. The van der Waals surface area contributed by atoms with Crippen LogP contribution in [0.5, 0.6) is 5.88 Å². The number of thiazole rings is 1. The summed E-state index contributed by atoms with van der Waals surface area (Å²) in [6.07, 6.45) is 7.64. The number of anilines is 2. The van der Waals surface area contributed by atoms with E-state index in [9.17, 15) is 5.11 Å². The zero-order valence-electron chi connectivity index (χ0n) is 14.4. The number of nitrogens with one attached hydrogen (secondary N) is 2. The zero-order valence-corrected chi connectivity index (χ0v) is 15.2. The molecule has 4 saturated carbocycles. The van der Waals surface area contributed by atoms with Crippen LogP contribution in [0.15, 0.2) is 30.3 Å². The zero-order chi connectivity index (χ0) is 16.9.